The second-order valence-corrected chi connectivity index (χ2v) is 9.98. The van der Waals surface area contributed by atoms with E-state index >= 15 is 0 Å². The van der Waals surface area contributed by atoms with Gasteiger partial charge in [-0.05, 0) is 30.6 Å². The highest BCUT2D eigenvalue weighted by Gasteiger charge is 2.36. The van der Waals surface area contributed by atoms with Gasteiger partial charge in [-0.1, -0.05) is 20.8 Å². The third-order valence-electron chi connectivity index (χ3n) is 2.78. The van der Waals surface area contributed by atoms with Gasteiger partial charge in [-0.3, -0.25) is 0 Å². The SMILES string of the molecule is C/C(=C\C#N)CO[Si](C)(C)C(C)(C)C. The lowest BCUT2D eigenvalue weighted by Crippen LogP contribution is -2.41. The molecule has 0 aliphatic heterocycles. The van der Waals surface area contributed by atoms with Crippen LogP contribution in [0.3, 0.4) is 0 Å². The second kappa shape index (κ2) is 4.76. The lowest BCUT2D eigenvalue weighted by Gasteiger charge is -2.36. The van der Waals surface area contributed by atoms with Crippen LogP contribution in [0.5, 0.6) is 0 Å². The van der Waals surface area contributed by atoms with Crippen LogP contribution in [0.25, 0.3) is 0 Å². The monoisotopic (exact) mass is 211 g/mol. The Morgan fingerprint density at radius 2 is 1.93 bits per heavy atom. The molecule has 0 aromatic rings. The first-order valence-electron chi connectivity index (χ1n) is 4.90. The molecule has 0 aliphatic rings. The van der Waals surface area contributed by atoms with Gasteiger partial charge >= 0.3 is 0 Å². The molecule has 0 aliphatic carbocycles. The lowest BCUT2D eigenvalue weighted by atomic mass is 10.2. The summed E-state index contributed by atoms with van der Waals surface area (Å²) >= 11 is 0. The minimum absolute atomic E-state index is 0.236. The molecule has 0 rings (SSSR count). The maximum absolute atomic E-state index is 8.46. The molecule has 3 heteroatoms. The van der Waals surface area contributed by atoms with E-state index in [1.54, 1.807) is 6.08 Å². The summed E-state index contributed by atoms with van der Waals surface area (Å²) in [4.78, 5) is 0. The fourth-order valence-electron chi connectivity index (χ4n) is 0.663. The number of nitrogens with zero attached hydrogens (tertiary/aromatic N) is 1. The fourth-order valence-corrected chi connectivity index (χ4v) is 1.68. The standard InChI is InChI=1S/C11H21NOSi/c1-10(7-8-12)9-13-14(5,6)11(2,3)4/h7H,9H2,1-6H3/b10-7+. The maximum atomic E-state index is 8.46. The largest absolute Gasteiger partial charge is 0.413 e. The Morgan fingerprint density at radius 1 is 1.43 bits per heavy atom. The molecule has 0 bridgehead atoms. The Bertz CT molecular complexity index is 255. The van der Waals surface area contributed by atoms with Crippen LogP contribution >= 0.6 is 0 Å². The van der Waals surface area contributed by atoms with Crippen LogP contribution in [-0.4, -0.2) is 14.9 Å². The first kappa shape index (κ1) is 13.4. The molecule has 0 spiro atoms. The van der Waals surface area contributed by atoms with Gasteiger partial charge < -0.3 is 4.43 Å². The van der Waals surface area contributed by atoms with E-state index in [1.165, 1.54) is 0 Å². The van der Waals surface area contributed by atoms with Crippen LogP contribution in [0, 0.1) is 11.3 Å². The molecule has 0 atom stereocenters. The maximum Gasteiger partial charge on any atom is 0.192 e. The zero-order valence-corrected chi connectivity index (χ0v) is 11.1. The normalized spacial score (nSPS) is 13.9. The van der Waals surface area contributed by atoms with Crippen molar-refractivity contribution in [2.24, 2.45) is 0 Å². The molecule has 0 N–H and O–H groups in total. The molecule has 0 amide bonds. The molecule has 0 fully saturated rings. The predicted molar refractivity (Wildman–Crippen MR) is 62.5 cm³/mol. The predicted octanol–water partition coefficient (Wildman–Crippen LogP) is 3.48. The molecule has 80 valence electrons. The van der Waals surface area contributed by atoms with Crippen LogP contribution in [0.15, 0.2) is 11.6 Å². The zero-order valence-electron chi connectivity index (χ0n) is 10.1. The summed E-state index contributed by atoms with van der Waals surface area (Å²) in [5, 5.41) is 8.69. The van der Waals surface area contributed by atoms with Crippen molar-refractivity contribution < 1.29 is 4.43 Å². The molecule has 0 saturated carbocycles. The van der Waals surface area contributed by atoms with Gasteiger partial charge in [0, 0.05) is 6.08 Å². The van der Waals surface area contributed by atoms with Crippen molar-refractivity contribution in [1.82, 2.24) is 0 Å². The van der Waals surface area contributed by atoms with Crippen LogP contribution in [-0.2, 0) is 4.43 Å². The molecule has 0 radical (unpaired) electrons. The van der Waals surface area contributed by atoms with Crippen molar-refractivity contribution in [2.45, 2.75) is 45.8 Å². The van der Waals surface area contributed by atoms with Crippen molar-refractivity contribution in [3.05, 3.63) is 11.6 Å². The highest BCUT2D eigenvalue weighted by Crippen LogP contribution is 2.36. The van der Waals surface area contributed by atoms with Gasteiger partial charge in [0.15, 0.2) is 8.32 Å². The smallest absolute Gasteiger partial charge is 0.192 e. The van der Waals surface area contributed by atoms with E-state index in [-0.39, 0.29) is 5.04 Å². The molecule has 0 heterocycles. The third kappa shape index (κ3) is 4.08. The molecule has 0 aromatic heterocycles. The first-order chi connectivity index (χ1) is 6.20. The van der Waals surface area contributed by atoms with E-state index in [9.17, 15) is 0 Å². The van der Waals surface area contributed by atoms with E-state index in [4.69, 9.17) is 9.69 Å². The van der Waals surface area contributed by atoms with Crippen molar-refractivity contribution in [1.29, 1.82) is 5.26 Å². The van der Waals surface area contributed by atoms with Crippen molar-refractivity contribution >= 4 is 8.32 Å². The molecule has 0 unspecified atom stereocenters. The Hall–Kier alpha value is -0.593. The number of rotatable bonds is 3. The molecule has 0 aromatic carbocycles. The summed E-state index contributed by atoms with van der Waals surface area (Å²) in [7, 11) is -1.65. The minimum Gasteiger partial charge on any atom is -0.413 e. The molecule has 2 nitrogen and oxygen atoms in total. The third-order valence-corrected chi connectivity index (χ3v) is 7.26. The highest BCUT2D eigenvalue weighted by molar-refractivity contribution is 6.74. The Kier molecular flexibility index (Phi) is 4.56. The van der Waals surface area contributed by atoms with Crippen molar-refractivity contribution in [3.63, 3.8) is 0 Å². The summed E-state index contributed by atoms with van der Waals surface area (Å²) in [6.07, 6.45) is 1.55. The van der Waals surface area contributed by atoms with Gasteiger partial charge in [-0.15, -0.1) is 0 Å². The molecular weight excluding hydrogens is 190 g/mol. The average molecular weight is 211 g/mol. The average Bonchev–Trinajstić information content (AvgIpc) is 1.99. The van der Waals surface area contributed by atoms with Gasteiger partial charge in [0.1, 0.15) is 0 Å². The molecule has 14 heavy (non-hydrogen) atoms. The Labute approximate surface area is 88.7 Å². The van der Waals surface area contributed by atoms with Gasteiger partial charge in [-0.25, -0.2) is 0 Å². The van der Waals surface area contributed by atoms with Crippen LogP contribution < -0.4 is 0 Å². The van der Waals surface area contributed by atoms with Gasteiger partial charge in [0.25, 0.3) is 0 Å². The topological polar surface area (TPSA) is 33.0 Å². The molecular formula is C11H21NOSi. The van der Waals surface area contributed by atoms with E-state index in [0.29, 0.717) is 6.61 Å². The van der Waals surface area contributed by atoms with Gasteiger partial charge in [0.05, 0.1) is 12.7 Å². The van der Waals surface area contributed by atoms with Gasteiger partial charge in [0.2, 0.25) is 0 Å². The van der Waals surface area contributed by atoms with Gasteiger partial charge in [-0.2, -0.15) is 5.26 Å². The quantitative estimate of drug-likeness (QED) is 0.529. The van der Waals surface area contributed by atoms with Crippen molar-refractivity contribution in [3.8, 4) is 6.07 Å². The van der Waals surface area contributed by atoms with Crippen LogP contribution in [0.2, 0.25) is 18.1 Å². The number of hydrogen-bond donors (Lipinski definition) is 0. The van der Waals surface area contributed by atoms with Crippen LogP contribution in [0.4, 0.5) is 0 Å². The number of hydrogen-bond acceptors (Lipinski definition) is 2. The fraction of sp³-hybridized carbons (Fsp3) is 0.727. The molecule has 0 saturated heterocycles. The minimum atomic E-state index is -1.65. The highest BCUT2D eigenvalue weighted by atomic mass is 28.4. The summed E-state index contributed by atoms with van der Waals surface area (Å²) in [6, 6.07) is 2.02. The van der Waals surface area contributed by atoms with E-state index in [1.807, 2.05) is 13.0 Å². The van der Waals surface area contributed by atoms with Crippen molar-refractivity contribution in [2.75, 3.05) is 6.61 Å². The summed E-state index contributed by atoms with van der Waals surface area (Å²) in [5.41, 5.74) is 0.998. The van der Waals surface area contributed by atoms with E-state index < -0.39 is 8.32 Å². The number of nitriles is 1. The Morgan fingerprint density at radius 3 is 2.29 bits per heavy atom. The van der Waals surface area contributed by atoms with Crippen LogP contribution in [0.1, 0.15) is 27.7 Å². The lowest BCUT2D eigenvalue weighted by molar-refractivity contribution is 0.319. The van der Waals surface area contributed by atoms with E-state index in [2.05, 4.69) is 33.9 Å². The zero-order chi connectivity index (χ0) is 11.4. The summed E-state index contributed by atoms with van der Waals surface area (Å²) in [6.45, 7) is 13.6. The Balaban J connectivity index is 4.28. The second-order valence-electron chi connectivity index (χ2n) is 5.17. The first-order valence-corrected chi connectivity index (χ1v) is 7.81. The number of allylic oxidation sites excluding steroid dienone is 1. The summed E-state index contributed by atoms with van der Waals surface area (Å²) in [5.74, 6) is 0. The van der Waals surface area contributed by atoms with E-state index in [0.717, 1.165) is 5.57 Å². The summed E-state index contributed by atoms with van der Waals surface area (Å²) < 4.78 is 5.93.